The van der Waals surface area contributed by atoms with Crippen molar-refractivity contribution in [3.63, 3.8) is 0 Å². The van der Waals surface area contributed by atoms with Crippen molar-refractivity contribution in [2.45, 2.75) is 206 Å². The number of phosphoric acid groups is 1. The van der Waals surface area contributed by atoms with Gasteiger partial charge >= 0.3 is 5.97 Å². The SMILES string of the molecule is CCCCC/C=C\CCCCCCCC(=O)OC(COCCCCCCCCCCC/C=C\C/C=C\C/C=C\CCCCCCC)COP(=O)([O-])OCC[N+](C)(C)C. The molecular weight excluding hydrogens is 746 g/mol. The van der Waals surface area contributed by atoms with E-state index in [-0.39, 0.29) is 25.8 Å². The van der Waals surface area contributed by atoms with Crippen molar-refractivity contribution < 1.29 is 37.3 Å². The standard InChI is InChI=1S/C49H92NO7P/c1-6-8-10-12-14-16-18-20-21-22-23-24-25-26-27-28-29-30-31-33-35-37-39-41-44-54-46-48(47-56-58(52,53)55-45-43-50(3,4)5)57-49(51)42-40-38-36-34-32-19-17-15-13-11-9-7-2/h15,17-18,20,22-23,25-26,48H,6-14,16,19,21,24,27-47H2,1-5H3/b17-15-,20-18-,23-22-,26-25-. The summed E-state index contributed by atoms with van der Waals surface area (Å²) < 4.78 is 34.6. The van der Waals surface area contributed by atoms with Gasteiger partial charge in [-0.1, -0.05) is 165 Å². The summed E-state index contributed by atoms with van der Waals surface area (Å²) in [5, 5.41) is 0. The average Bonchev–Trinajstić information content (AvgIpc) is 3.18. The highest BCUT2D eigenvalue weighted by Gasteiger charge is 2.20. The van der Waals surface area contributed by atoms with Crippen molar-refractivity contribution in [3.05, 3.63) is 48.6 Å². The first-order valence-electron chi connectivity index (χ1n) is 23.9. The molecule has 0 aliphatic carbocycles. The molecule has 0 saturated heterocycles. The van der Waals surface area contributed by atoms with E-state index < -0.39 is 13.9 Å². The Morgan fingerprint density at radius 2 is 0.948 bits per heavy atom. The van der Waals surface area contributed by atoms with E-state index in [0.29, 0.717) is 24.1 Å². The van der Waals surface area contributed by atoms with Gasteiger partial charge in [0, 0.05) is 13.0 Å². The maximum Gasteiger partial charge on any atom is 0.306 e. The molecule has 0 spiro atoms. The molecule has 2 atom stereocenters. The highest BCUT2D eigenvalue weighted by atomic mass is 31.2. The summed E-state index contributed by atoms with van der Waals surface area (Å²) in [4.78, 5) is 25.0. The first kappa shape index (κ1) is 56.5. The molecule has 8 nitrogen and oxygen atoms in total. The number of rotatable bonds is 44. The topological polar surface area (TPSA) is 94.1 Å². The molecule has 58 heavy (non-hydrogen) atoms. The fourth-order valence-corrected chi connectivity index (χ4v) is 7.10. The molecule has 0 radical (unpaired) electrons. The quantitative estimate of drug-likeness (QED) is 0.0198. The van der Waals surface area contributed by atoms with Crippen molar-refractivity contribution in [1.29, 1.82) is 0 Å². The maximum absolute atomic E-state index is 12.7. The van der Waals surface area contributed by atoms with Gasteiger partial charge < -0.3 is 27.9 Å². The van der Waals surface area contributed by atoms with Crippen molar-refractivity contribution in [3.8, 4) is 0 Å². The Morgan fingerprint density at radius 1 is 0.534 bits per heavy atom. The second-order valence-corrected chi connectivity index (χ2v) is 18.5. The van der Waals surface area contributed by atoms with Gasteiger partial charge in [0.15, 0.2) is 0 Å². The number of ether oxygens (including phenoxy) is 2. The summed E-state index contributed by atoms with van der Waals surface area (Å²) in [5.74, 6) is -0.347. The van der Waals surface area contributed by atoms with Crippen LogP contribution in [0.1, 0.15) is 200 Å². The van der Waals surface area contributed by atoms with Gasteiger partial charge in [-0.15, -0.1) is 0 Å². The van der Waals surface area contributed by atoms with Crippen molar-refractivity contribution in [2.24, 2.45) is 0 Å². The third-order valence-electron chi connectivity index (χ3n) is 10.1. The van der Waals surface area contributed by atoms with Crippen molar-refractivity contribution in [2.75, 3.05) is 54.1 Å². The average molecular weight is 838 g/mol. The third kappa shape index (κ3) is 45.5. The molecule has 2 unspecified atom stereocenters. The van der Waals surface area contributed by atoms with E-state index in [0.717, 1.165) is 57.8 Å². The van der Waals surface area contributed by atoms with Crippen LogP contribution in [0.5, 0.6) is 0 Å². The molecule has 0 aliphatic heterocycles. The lowest BCUT2D eigenvalue weighted by molar-refractivity contribution is -0.870. The van der Waals surface area contributed by atoms with E-state index in [1.54, 1.807) is 0 Å². The fourth-order valence-electron chi connectivity index (χ4n) is 6.37. The van der Waals surface area contributed by atoms with Gasteiger partial charge in [0.2, 0.25) is 0 Å². The minimum absolute atomic E-state index is 0.0222. The van der Waals surface area contributed by atoms with Gasteiger partial charge in [0.25, 0.3) is 7.82 Å². The largest absolute Gasteiger partial charge is 0.756 e. The Hall–Kier alpha value is -1.54. The Morgan fingerprint density at radius 3 is 1.47 bits per heavy atom. The minimum Gasteiger partial charge on any atom is -0.756 e. The monoisotopic (exact) mass is 838 g/mol. The van der Waals surface area contributed by atoms with Gasteiger partial charge in [0.1, 0.15) is 19.3 Å². The van der Waals surface area contributed by atoms with Gasteiger partial charge in [-0.3, -0.25) is 9.36 Å². The summed E-state index contributed by atoms with van der Waals surface area (Å²) in [7, 11) is 1.34. The van der Waals surface area contributed by atoms with Gasteiger partial charge in [-0.05, 0) is 77.0 Å². The lowest BCUT2D eigenvalue weighted by Crippen LogP contribution is -2.37. The Bertz CT molecular complexity index is 1070. The summed E-state index contributed by atoms with van der Waals surface area (Å²) in [6.45, 7) is 5.35. The predicted octanol–water partition coefficient (Wildman–Crippen LogP) is 13.7. The van der Waals surface area contributed by atoms with Crippen LogP contribution in [0.2, 0.25) is 0 Å². The molecule has 0 aliphatic rings. The van der Waals surface area contributed by atoms with Crippen LogP contribution in [0.3, 0.4) is 0 Å². The normalized spacial score (nSPS) is 14.1. The van der Waals surface area contributed by atoms with Crippen molar-refractivity contribution in [1.82, 2.24) is 0 Å². The molecule has 0 aromatic carbocycles. The first-order valence-corrected chi connectivity index (χ1v) is 25.3. The third-order valence-corrected chi connectivity index (χ3v) is 11.1. The number of allylic oxidation sites excluding steroid dienone is 8. The maximum atomic E-state index is 12.7. The Balaban J connectivity index is 4.13. The zero-order valence-corrected chi connectivity index (χ0v) is 39.4. The highest BCUT2D eigenvalue weighted by Crippen LogP contribution is 2.38. The number of nitrogens with zero attached hydrogens (tertiary/aromatic N) is 1. The molecule has 0 aromatic rings. The molecule has 340 valence electrons. The zero-order valence-electron chi connectivity index (χ0n) is 38.5. The number of carbonyl (C=O) groups excluding carboxylic acids is 1. The van der Waals surface area contributed by atoms with E-state index in [4.69, 9.17) is 18.5 Å². The van der Waals surface area contributed by atoms with Gasteiger partial charge in [0.05, 0.1) is 34.4 Å². The van der Waals surface area contributed by atoms with Crippen LogP contribution >= 0.6 is 7.82 Å². The van der Waals surface area contributed by atoms with Crippen LogP contribution in [-0.2, 0) is 27.9 Å². The van der Waals surface area contributed by atoms with E-state index in [2.05, 4.69) is 62.5 Å². The molecule has 0 rings (SSSR count). The summed E-state index contributed by atoms with van der Waals surface area (Å²) in [6, 6.07) is 0. The van der Waals surface area contributed by atoms with Crippen LogP contribution in [-0.4, -0.2) is 70.7 Å². The van der Waals surface area contributed by atoms with E-state index in [1.807, 2.05) is 21.1 Å². The lowest BCUT2D eigenvalue weighted by atomic mass is 10.1. The Kier molecular flexibility index (Phi) is 41.0. The number of carbonyl (C=O) groups is 1. The molecule has 0 aromatic heterocycles. The number of quaternary nitrogens is 1. The number of unbranched alkanes of at least 4 members (excludes halogenated alkanes) is 22. The van der Waals surface area contributed by atoms with E-state index >= 15 is 0 Å². The summed E-state index contributed by atoms with van der Waals surface area (Å²) in [5.41, 5.74) is 0. The van der Waals surface area contributed by atoms with Crippen LogP contribution in [0, 0.1) is 0 Å². The Labute approximate surface area is 358 Å². The summed E-state index contributed by atoms with van der Waals surface area (Å²) >= 11 is 0. The van der Waals surface area contributed by atoms with Gasteiger partial charge in [-0.25, -0.2) is 0 Å². The number of phosphoric ester groups is 1. The summed E-state index contributed by atoms with van der Waals surface area (Å²) in [6.07, 6.45) is 51.3. The van der Waals surface area contributed by atoms with Crippen molar-refractivity contribution >= 4 is 13.8 Å². The van der Waals surface area contributed by atoms with Crippen LogP contribution in [0.4, 0.5) is 0 Å². The molecule has 0 heterocycles. The number of esters is 1. The molecule has 0 bridgehead atoms. The van der Waals surface area contributed by atoms with E-state index in [1.165, 1.54) is 122 Å². The molecular formula is C49H92NO7P. The molecule has 0 amide bonds. The van der Waals surface area contributed by atoms with Crippen LogP contribution in [0.25, 0.3) is 0 Å². The molecule has 0 fully saturated rings. The number of likely N-dealkylation sites (N-methyl/N-ethyl adjacent to an activating group) is 1. The zero-order chi connectivity index (χ0) is 42.7. The minimum atomic E-state index is -4.53. The highest BCUT2D eigenvalue weighted by molar-refractivity contribution is 7.45. The second kappa shape index (κ2) is 42.2. The number of hydrogen-bond donors (Lipinski definition) is 0. The molecule has 9 heteroatoms. The number of hydrogen-bond acceptors (Lipinski definition) is 7. The van der Waals surface area contributed by atoms with E-state index in [9.17, 15) is 14.3 Å². The molecule has 0 N–H and O–H groups in total. The smallest absolute Gasteiger partial charge is 0.306 e. The van der Waals surface area contributed by atoms with Crippen LogP contribution in [0.15, 0.2) is 48.6 Å². The molecule has 0 saturated carbocycles. The first-order chi connectivity index (χ1) is 28.1. The fraction of sp³-hybridized carbons (Fsp3) is 0.816. The lowest BCUT2D eigenvalue weighted by Gasteiger charge is -2.28. The second-order valence-electron chi connectivity index (χ2n) is 17.1. The van der Waals surface area contributed by atoms with Crippen LogP contribution < -0.4 is 4.89 Å². The van der Waals surface area contributed by atoms with Gasteiger partial charge in [-0.2, -0.15) is 0 Å². The predicted molar refractivity (Wildman–Crippen MR) is 245 cm³/mol.